The number of unbranched alkanes of at least 4 members (excludes halogenated alkanes) is 39. The van der Waals surface area contributed by atoms with Gasteiger partial charge < -0.3 is 4.48 Å². The van der Waals surface area contributed by atoms with Crippen LogP contribution in [0.3, 0.4) is 0 Å². The van der Waals surface area contributed by atoms with Gasteiger partial charge in [0, 0.05) is 5.56 Å². The van der Waals surface area contributed by atoms with E-state index in [0.29, 0.717) is 0 Å². The van der Waals surface area contributed by atoms with Crippen molar-refractivity contribution in [3.63, 3.8) is 0 Å². The zero-order valence-corrected chi connectivity index (χ0v) is 44.9. The van der Waals surface area contributed by atoms with Crippen molar-refractivity contribution in [3.05, 3.63) is 72.4 Å². The number of allylic oxidation sites excluding steroid dienone is 6. The zero-order valence-electron chi connectivity index (χ0n) is 44.9. The standard InChI is InChI=1S/C64H118N/c1-4-7-10-13-16-19-22-25-28-31-34-37-40-43-46-49-55-60-65(63-64-58-53-52-54-59-64,61-56-50-47-44-41-38-35-32-29-26-23-20-17-14-11-8-5-2)62-57-51-48-45-42-39-36-33-30-27-24-21-18-15-12-9-6-3/h37-42,52-54,58-59H,4-36,43-51,55-57,60-63H2,1-3H3/q+1/b40-37+,41-38+,42-39+. The largest absolute Gasteiger partial charge is 0.320 e. The van der Waals surface area contributed by atoms with E-state index < -0.39 is 0 Å². The van der Waals surface area contributed by atoms with Crippen LogP contribution in [0.15, 0.2) is 66.8 Å². The van der Waals surface area contributed by atoms with E-state index in [1.807, 2.05) is 0 Å². The molecule has 0 aliphatic carbocycles. The van der Waals surface area contributed by atoms with Gasteiger partial charge in [-0.25, -0.2) is 0 Å². The second kappa shape index (κ2) is 51.8. The molecule has 0 spiro atoms. The van der Waals surface area contributed by atoms with E-state index in [0.717, 1.165) is 0 Å². The fraction of sp³-hybridized carbons (Fsp3) is 0.812. The SMILES string of the molecule is CCCCCCCCCCCC/C=C/CCCCC[N+](CCCCC/C=C/CCCCCCCCCCCC)(CCCCC/C=C/CCCCCCCCCCCC)Cc1ccccc1. The fourth-order valence-electron chi connectivity index (χ4n) is 10.2. The molecule has 0 radical (unpaired) electrons. The van der Waals surface area contributed by atoms with Gasteiger partial charge in [-0.3, -0.25) is 0 Å². The molecule has 1 nitrogen and oxygen atoms in total. The zero-order chi connectivity index (χ0) is 46.5. The highest BCUT2D eigenvalue weighted by Gasteiger charge is 2.26. The van der Waals surface area contributed by atoms with Crippen molar-refractivity contribution in [3.8, 4) is 0 Å². The van der Waals surface area contributed by atoms with Crippen LogP contribution in [-0.4, -0.2) is 24.1 Å². The van der Waals surface area contributed by atoms with E-state index in [9.17, 15) is 0 Å². The molecule has 1 heteroatoms. The van der Waals surface area contributed by atoms with Crippen LogP contribution >= 0.6 is 0 Å². The molecule has 0 bridgehead atoms. The van der Waals surface area contributed by atoms with E-state index >= 15 is 0 Å². The lowest BCUT2D eigenvalue weighted by Crippen LogP contribution is -2.49. The van der Waals surface area contributed by atoms with Gasteiger partial charge in [-0.15, -0.1) is 0 Å². The van der Waals surface area contributed by atoms with Gasteiger partial charge in [-0.2, -0.15) is 0 Å². The van der Waals surface area contributed by atoms with Gasteiger partial charge in [0.2, 0.25) is 0 Å². The van der Waals surface area contributed by atoms with Crippen molar-refractivity contribution in [2.75, 3.05) is 19.6 Å². The van der Waals surface area contributed by atoms with Crippen LogP contribution in [0.1, 0.15) is 315 Å². The molecule has 0 unspecified atom stereocenters. The third-order valence-electron chi connectivity index (χ3n) is 14.5. The minimum Gasteiger partial charge on any atom is -0.320 e. The van der Waals surface area contributed by atoms with Crippen molar-refractivity contribution in [2.24, 2.45) is 0 Å². The maximum Gasteiger partial charge on any atom is 0.104 e. The Labute approximate surface area is 410 Å². The minimum atomic E-state index is 1.22. The van der Waals surface area contributed by atoms with Gasteiger partial charge in [0.25, 0.3) is 0 Å². The van der Waals surface area contributed by atoms with Crippen LogP contribution in [0.4, 0.5) is 0 Å². The molecule has 0 aliphatic rings. The Bertz CT molecular complexity index is 1010. The Morgan fingerprint density at radius 3 is 0.723 bits per heavy atom. The van der Waals surface area contributed by atoms with Crippen LogP contribution < -0.4 is 0 Å². The molecule has 0 saturated carbocycles. The van der Waals surface area contributed by atoms with Crippen LogP contribution in [0, 0.1) is 0 Å². The first kappa shape index (κ1) is 61.4. The maximum absolute atomic E-state index is 2.51. The molecule has 0 fully saturated rings. The summed E-state index contributed by atoms with van der Waals surface area (Å²) in [6.07, 6.45) is 78.0. The minimum absolute atomic E-state index is 1.22. The molecule has 0 heterocycles. The Morgan fingerprint density at radius 2 is 0.477 bits per heavy atom. The summed E-state index contributed by atoms with van der Waals surface area (Å²) in [6, 6.07) is 11.6. The Kier molecular flexibility index (Phi) is 48.9. The quantitative estimate of drug-likeness (QED) is 0.0347. The number of rotatable bonds is 53. The maximum atomic E-state index is 2.51. The van der Waals surface area contributed by atoms with Gasteiger partial charge in [-0.05, 0) is 116 Å². The Morgan fingerprint density at radius 1 is 0.262 bits per heavy atom. The molecule has 0 saturated heterocycles. The summed E-state index contributed by atoms with van der Waals surface area (Å²) in [7, 11) is 0. The van der Waals surface area contributed by atoms with Crippen LogP contribution in [-0.2, 0) is 6.54 Å². The average Bonchev–Trinajstić information content (AvgIpc) is 3.32. The third kappa shape index (κ3) is 44.7. The molecule has 378 valence electrons. The second-order valence-electron chi connectivity index (χ2n) is 21.0. The predicted molar refractivity (Wildman–Crippen MR) is 297 cm³/mol. The number of hydrogen-bond donors (Lipinski definition) is 0. The first-order valence-corrected chi connectivity index (χ1v) is 30.1. The van der Waals surface area contributed by atoms with Crippen molar-refractivity contribution in [1.82, 2.24) is 0 Å². The average molecular weight is 902 g/mol. The molecular formula is C64H118N+. The summed E-state index contributed by atoms with van der Waals surface area (Å²) >= 11 is 0. The van der Waals surface area contributed by atoms with Crippen molar-refractivity contribution in [1.29, 1.82) is 0 Å². The van der Waals surface area contributed by atoms with Crippen molar-refractivity contribution >= 4 is 0 Å². The van der Waals surface area contributed by atoms with Gasteiger partial charge in [-0.1, -0.05) is 261 Å². The molecule has 1 aromatic carbocycles. The highest BCUT2D eigenvalue weighted by molar-refractivity contribution is 5.13. The summed E-state index contributed by atoms with van der Waals surface area (Å²) in [5.41, 5.74) is 1.55. The second-order valence-corrected chi connectivity index (χ2v) is 21.0. The van der Waals surface area contributed by atoms with E-state index in [-0.39, 0.29) is 0 Å². The van der Waals surface area contributed by atoms with Crippen LogP contribution in [0.2, 0.25) is 0 Å². The van der Waals surface area contributed by atoms with Gasteiger partial charge in [0.05, 0.1) is 19.6 Å². The first-order valence-electron chi connectivity index (χ1n) is 30.1. The van der Waals surface area contributed by atoms with E-state index in [1.54, 1.807) is 5.56 Å². The monoisotopic (exact) mass is 901 g/mol. The fourth-order valence-corrected chi connectivity index (χ4v) is 10.2. The highest BCUT2D eigenvalue weighted by Crippen LogP contribution is 2.23. The summed E-state index contributed by atoms with van der Waals surface area (Å²) in [4.78, 5) is 0. The lowest BCUT2D eigenvalue weighted by atomic mass is 10.0. The molecule has 0 N–H and O–H groups in total. The van der Waals surface area contributed by atoms with E-state index in [4.69, 9.17) is 0 Å². The summed E-state index contributed by atoms with van der Waals surface area (Å²) in [5.74, 6) is 0. The third-order valence-corrected chi connectivity index (χ3v) is 14.5. The molecule has 0 aromatic heterocycles. The van der Waals surface area contributed by atoms with Crippen molar-refractivity contribution in [2.45, 2.75) is 316 Å². The van der Waals surface area contributed by atoms with Crippen LogP contribution in [0.25, 0.3) is 0 Å². The number of hydrogen-bond acceptors (Lipinski definition) is 0. The summed E-state index contributed by atoms with van der Waals surface area (Å²) in [6.45, 7) is 12.2. The number of quaternary nitrogens is 1. The lowest BCUT2D eigenvalue weighted by Gasteiger charge is -2.39. The van der Waals surface area contributed by atoms with Crippen molar-refractivity contribution < 1.29 is 4.48 Å². The number of benzene rings is 1. The summed E-state index contributed by atoms with van der Waals surface area (Å²) < 4.78 is 1.31. The van der Waals surface area contributed by atoms with Gasteiger partial charge in [0.15, 0.2) is 0 Å². The van der Waals surface area contributed by atoms with Gasteiger partial charge in [0.1, 0.15) is 6.54 Å². The van der Waals surface area contributed by atoms with E-state index in [2.05, 4.69) is 87.6 Å². The molecule has 0 amide bonds. The van der Waals surface area contributed by atoms with E-state index in [1.165, 1.54) is 320 Å². The van der Waals surface area contributed by atoms with Crippen LogP contribution in [0.5, 0.6) is 0 Å². The molecule has 1 rings (SSSR count). The molecule has 0 aliphatic heterocycles. The highest BCUT2D eigenvalue weighted by atomic mass is 15.3. The molecule has 65 heavy (non-hydrogen) atoms. The predicted octanol–water partition coefficient (Wildman–Crippen LogP) is 22.3. The van der Waals surface area contributed by atoms with Gasteiger partial charge >= 0.3 is 0 Å². The summed E-state index contributed by atoms with van der Waals surface area (Å²) in [5, 5.41) is 0. The smallest absolute Gasteiger partial charge is 0.104 e. The topological polar surface area (TPSA) is 0 Å². The number of nitrogens with zero attached hydrogens (tertiary/aromatic N) is 1. The lowest BCUT2D eigenvalue weighted by molar-refractivity contribution is -0.941. The normalized spacial score (nSPS) is 12.3. The first-order chi connectivity index (χ1) is 32.3. The Hall–Kier alpha value is -1.60. The molecule has 0 atom stereocenters. The Balaban J connectivity index is 2.52. The molecule has 1 aromatic rings. The molecular weight excluding hydrogens is 783 g/mol.